The second-order valence-corrected chi connectivity index (χ2v) is 8.68. The minimum atomic E-state index is -0.796. The van der Waals surface area contributed by atoms with E-state index in [-0.39, 0.29) is 30.8 Å². The molecule has 0 saturated carbocycles. The Morgan fingerprint density at radius 1 is 1.03 bits per heavy atom. The molecule has 6 heteroatoms. The summed E-state index contributed by atoms with van der Waals surface area (Å²) < 4.78 is 11.7. The lowest BCUT2D eigenvalue weighted by Gasteiger charge is -2.40. The molecular formula is C25H27NO5. The number of aliphatic carboxylic acids is 1. The van der Waals surface area contributed by atoms with Crippen molar-refractivity contribution in [3.05, 3.63) is 59.7 Å². The third-order valence-corrected chi connectivity index (χ3v) is 6.96. The zero-order valence-corrected chi connectivity index (χ0v) is 17.4. The van der Waals surface area contributed by atoms with E-state index in [4.69, 9.17) is 9.47 Å². The Kier molecular flexibility index (Phi) is 5.40. The summed E-state index contributed by atoms with van der Waals surface area (Å²) in [7, 11) is 0. The van der Waals surface area contributed by atoms with Crippen LogP contribution in [0.15, 0.2) is 48.5 Å². The van der Waals surface area contributed by atoms with Crippen molar-refractivity contribution in [3.8, 4) is 11.1 Å². The normalized spacial score (nSPS) is 25.2. The maximum Gasteiger partial charge on any atom is 0.410 e. The number of likely N-dealkylation sites (tertiary alicyclic amines) is 1. The zero-order chi connectivity index (χ0) is 21.4. The summed E-state index contributed by atoms with van der Waals surface area (Å²) in [6, 6.07) is 16.3. The number of ether oxygens (including phenoxy) is 2. The van der Waals surface area contributed by atoms with Crippen LogP contribution in [-0.2, 0) is 14.3 Å². The van der Waals surface area contributed by atoms with Gasteiger partial charge in [0.05, 0.1) is 18.1 Å². The molecule has 3 unspecified atom stereocenters. The molecule has 2 aromatic rings. The quantitative estimate of drug-likeness (QED) is 0.798. The Labute approximate surface area is 181 Å². The fraction of sp³-hybridized carbons (Fsp3) is 0.440. The van der Waals surface area contributed by atoms with E-state index < -0.39 is 11.9 Å². The summed E-state index contributed by atoms with van der Waals surface area (Å²) in [5, 5.41) is 9.48. The number of benzene rings is 2. The number of nitrogens with zero attached hydrogens (tertiary/aromatic N) is 1. The first kappa shape index (κ1) is 20.1. The van der Waals surface area contributed by atoms with Crippen LogP contribution in [0, 0.1) is 5.92 Å². The largest absolute Gasteiger partial charge is 0.481 e. The molecule has 5 rings (SSSR count). The molecule has 0 radical (unpaired) electrons. The van der Waals surface area contributed by atoms with E-state index in [1.807, 2.05) is 24.3 Å². The molecule has 2 saturated heterocycles. The molecule has 3 atom stereocenters. The Balaban J connectivity index is 1.32. The predicted octanol–water partition coefficient (Wildman–Crippen LogP) is 4.28. The minimum Gasteiger partial charge on any atom is -0.481 e. The maximum absolute atomic E-state index is 13.1. The first-order chi connectivity index (χ1) is 15.1. The second-order valence-electron chi connectivity index (χ2n) is 8.68. The summed E-state index contributed by atoms with van der Waals surface area (Å²) in [5.74, 6) is -1.23. The number of carboxylic acid groups (broad SMARTS) is 1. The molecule has 31 heavy (non-hydrogen) atoms. The molecule has 162 valence electrons. The highest BCUT2D eigenvalue weighted by Gasteiger charge is 2.41. The lowest BCUT2D eigenvalue weighted by Crippen LogP contribution is -2.52. The van der Waals surface area contributed by atoms with Gasteiger partial charge in [0.2, 0.25) is 0 Å². The molecule has 6 nitrogen and oxygen atoms in total. The van der Waals surface area contributed by atoms with Gasteiger partial charge in [-0.1, -0.05) is 48.5 Å². The smallest absolute Gasteiger partial charge is 0.410 e. The molecule has 0 spiro atoms. The number of hydrogen-bond donors (Lipinski definition) is 1. The van der Waals surface area contributed by atoms with Crippen LogP contribution in [-0.4, -0.2) is 54.0 Å². The van der Waals surface area contributed by atoms with Crippen LogP contribution < -0.4 is 0 Å². The fourth-order valence-electron chi connectivity index (χ4n) is 5.38. The molecule has 0 aromatic heterocycles. The molecule has 3 aliphatic rings. The van der Waals surface area contributed by atoms with Crippen molar-refractivity contribution in [2.24, 2.45) is 5.92 Å². The monoisotopic (exact) mass is 421 g/mol. The van der Waals surface area contributed by atoms with E-state index in [2.05, 4.69) is 24.3 Å². The lowest BCUT2D eigenvalue weighted by molar-refractivity contribution is -0.144. The highest BCUT2D eigenvalue weighted by Crippen LogP contribution is 2.44. The summed E-state index contributed by atoms with van der Waals surface area (Å²) in [6.45, 7) is 1.32. The van der Waals surface area contributed by atoms with E-state index in [0.29, 0.717) is 26.0 Å². The predicted molar refractivity (Wildman–Crippen MR) is 115 cm³/mol. The van der Waals surface area contributed by atoms with Gasteiger partial charge in [-0.3, -0.25) is 4.79 Å². The summed E-state index contributed by atoms with van der Waals surface area (Å²) in [4.78, 5) is 26.4. The zero-order valence-electron chi connectivity index (χ0n) is 17.4. The molecule has 2 aromatic carbocycles. The van der Waals surface area contributed by atoms with Crippen LogP contribution in [0.5, 0.6) is 0 Å². The van der Waals surface area contributed by atoms with E-state index in [9.17, 15) is 14.7 Å². The Hall–Kier alpha value is -2.86. The van der Waals surface area contributed by atoms with Gasteiger partial charge in [0.25, 0.3) is 0 Å². The molecule has 1 aliphatic carbocycles. The molecule has 1 N–H and O–H groups in total. The minimum absolute atomic E-state index is 0.00842. The number of rotatable bonds is 4. The Morgan fingerprint density at radius 3 is 2.32 bits per heavy atom. The number of carbonyl (C=O) groups excluding carboxylic acids is 1. The standard InChI is InChI=1S/C25H27NO5/c27-24(28)16-11-12-26(22(14-16)23-10-5-13-30-23)25(29)31-15-21-19-8-3-1-6-17(19)18-7-2-4-9-20(18)21/h1-4,6-9,16,21-23H,5,10-15H2,(H,27,28). The van der Waals surface area contributed by atoms with E-state index in [0.717, 1.165) is 12.8 Å². The molecule has 2 aliphatic heterocycles. The lowest BCUT2D eigenvalue weighted by atomic mass is 9.87. The summed E-state index contributed by atoms with van der Waals surface area (Å²) in [5.41, 5.74) is 4.74. The fourth-order valence-corrected chi connectivity index (χ4v) is 5.38. The first-order valence-electron chi connectivity index (χ1n) is 11.1. The van der Waals surface area contributed by atoms with E-state index in [1.165, 1.54) is 22.3 Å². The van der Waals surface area contributed by atoms with Crippen molar-refractivity contribution < 1.29 is 24.2 Å². The van der Waals surface area contributed by atoms with Gasteiger partial charge < -0.3 is 19.5 Å². The molecule has 1 amide bonds. The average Bonchev–Trinajstić information content (AvgIpc) is 3.44. The molecular weight excluding hydrogens is 394 g/mol. The van der Waals surface area contributed by atoms with Gasteiger partial charge in [-0.15, -0.1) is 0 Å². The van der Waals surface area contributed by atoms with Gasteiger partial charge in [-0.25, -0.2) is 4.79 Å². The van der Waals surface area contributed by atoms with Crippen molar-refractivity contribution >= 4 is 12.1 Å². The van der Waals surface area contributed by atoms with E-state index in [1.54, 1.807) is 4.90 Å². The average molecular weight is 421 g/mol. The number of carbonyl (C=O) groups is 2. The van der Waals surface area contributed by atoms with Gasteiger partial charge in [0.15, 0.2) is 0 Å². The van der Waals surface area contributed by atoms with Gasteiger partial charge in [-0.05, 0) is 47.9 Å². The van der Waals surface area contributed by atoms with Gasteiger partial charge >= 0.3 is 12.1 Å². The van der Waals surface area contributed by atoms with Crippen molar-refractivity contribution in [2.45, 2.75) is 43.7 Å². The van der Waals surface area contributed by atoms with Crippen LogP contribution >= 0.6 is 0 Å². The van der Waals surface area contributed by atoms with Gasteiger partial charge in [0.1, 0.15) is 6.61 Å². The van der Waals surface area contributed by atoms with Gasteiger partial charge in [-0.2, -0.15) is 0 Å². The summed E-state index contributed by atoms with van der Waals surface area (Å²) in [6.07, 6.45) is 2.18. The molecule has 0 bridgehead atoms. The second kappa shape index (κ2) is 8.35. The van der Waals surface area contributed by atoms with Crippen molar-refractivity contribution in [2.75, 3.05) is 19.8 Å². The highest BCUT2D eigenvalue weighted by atomic mass is 16.6. The third-order valence-electron chi connectivity index (χ3n) is 6.96. The van der Waals surface area contributed by atoms with Crippen molar-refractivity contribution in [1.82, 2.24) is 4.90 Å². The third kappa shape index (κ3) is 3.69. The highest BCUT2D eigenvalue weighted by molar-refractivity contribution is 5.79. The van der Waals surface area contributed by atoms with Crippen LogP contribution in [0.4, 0.5) is 4.79 Å². The van der Waals surface area contributed by atoms with Crippen LogP contribution in [0.1, 0.15) is 42.7 Å². The molecule has 2 heterocycles. The number of carboxylic acids is 1. The number of hydrogen-bond acceptors (Lipinski definition) is 4. The SMILES string of the molecule is O=C(O)C1CCN(C(=O)OCC2c3ccccc3-c3ccccc32)C(C2CCCO2)C1. The number of fused-ring (bicyclic) bond motifs is 3. The topological polar surface area (TPSA) is 76.1 Å². The first-order valence-corrected chi connectivity index (χ1v) is 11.1. The van der Waals surface area contributed by atoms with E-state index >= 15 is 0 Å². The summed E-state index contributed by atoms with van der Waals surface area (Å²) >= 11 is 0. The van der Waals surface area contributed by atoms with Crippen LogP contribution in [0.2, 0.25) is 0 Å². The maximum atomic E-state index is 13.1. The number of piperidine rings is 1. The van der Waals surface area contributed by atoms with Gasteiger partial charge in [0, 0.05) is 19.1 Å². The Bertz CT molecular complexity index is 938. The number of amides is 1. The van der Waals surface area contributed by atoms with Crippen LogP contribution in [0.25, 0.3) is 11.1 Å². The van der Waals surface area contributed by atoms with Crippen molar-refractivity contribution in [3.63, 3.8) is 0 Å². The van der Waals surface area contributed by atoms with Crippen LogP contribution in [0.3, 0.4) is 0 Å². The Morgan fingerprint density at radius 2 is 1.71 bits per heavy atom. The van der Waals surface area contributed by atoms with Crippen molar-refractivity contribution in [1.29, 1.82) is 0 Å². The molecule has 2 fully saturated rings.